The number of hydrogen-bond donors (Lipinski definition) is 1. The zero-order valence-electron chi connectivity index (χ0n) is 19.7. The van der Waals surface area contributed by atoms with E-state index in [1.165, 1.54) is 12.0 Å². The molecule has 4 rings (SSSR count). The van der Waals surface area contributed by atoms with Crippen LogP contribution in [-0.2, 0) is 16.0 Å². The molecule has 0 radical (unpaired) electrons. The Hall–Kier alpha value is -4.33. The van der Waals surface area contributed by atoms with Gasteiger partial charge in [0.25, 0.3) is 11.7 Å². The highest BCUT2D eigenvalue weighted by Gasteiger charge is 2.46. The molecule has 0 aliphatic carbocycles. The number of aliphatic hydroxyl groups is 1. The molecule has 8 heteroatoms. The van der Waals surface area contributed by atoms with Gasteiger partial charge < -0.3 is 24.2 Å². The number of carbonyl (C=O) groups excluding carboxylic acids is 2. The number of ether oxygens (including phenoxy) is 3. The van der Waals surface area contributed by atoms with Crippen molar-refractivity contribution >= 4 is 17.4 Å². The van der Waals surface area contributed by atoms with Crippen LogP contribution in [0.4, 0.5) is 0 Å². The molecule has 35 heavy (non-hydrogen) atoms. The maximum Gasteiger partial charge on any atom is 0.295 e. The van der Waals surface area contributed by atoms with Crippen LogP contribution in [0.1, 0.15) is 22.7 Å². The SMILES string of the molecule is COc1cccc(/C(O)=C2/C(=O)C(=O)N(CCc3ccc(OC)c(OC)c3)C2c2cccnc2)c1. The molecule has 0 saturated carbocycles. The lowest BCUT2D eigenvalue weighted by Gasteiger charge is -2.25. The third-order valence-electron chi connectivity index (χ3n) is 5.97. The van der Waals surface area contributed by atoms with E-state index in [1.54, 1.807) is 69.1 Å². The lowest BCUT2D eigenvalue weighted by Crippen LogP contribution is -2.31. The summed E-state index contributed by atoms with van der Waals surface area (Å²) >= 11 is 0. The van der Waals surface area contributed by atoms with Gasteiger partial charge in [0.15, 0.2) is 11.5 Å². The molecule has 3 aromatic rings. The molecule has 2 heterocycles. The number of rotatable bonds is 8. The Kier molecular flexibility index (Phi) is 7.01. The zero-order valence-corrected chi connectivity index (χ0v) is 19.7. The van der Waals surface area contributed by atoms with Crippen LogP contribution in [0, 0.1) is 0 Å². The van der Waals surface area contributed by atoms with Gasteiger partial charge in [-0.1, -0.05) is 24.3 Å². The number of aromatic nitrogens is 1. The van der Waals surface area contributed by atoms with Crippen molar-refractivity contribution in [3.8, 4) is 17.2 Å². The van der Waals surface area contributed by atoms with Gasteiger partial charge >= 0.3 is 0 Å². The molecule has 8 nitrogen and oxygen atoms in total. The number of carbonyl (C=O) groups is 2. The molecule has 2 aromatic carbocycles. The second-order valence-electron chi connectivity index (χ2n) is 7.95. The third kappa shape index (κ3) is 4.68. The minimum atomic E-state index is -0.782. The van der Waals surface area contributed by atoms with Crippen LogP contribution in [0.5, 0.6) is 17.2 Å². The molecule has 1 saturated heterocycles. The molecule has 1 N–H and O–H groups in total. The fourth-order valence-corrected chi connectivity index (χ4v) is 4.21. The number of likely N-dealkylation sites (tertiary alicyclic amines) is 1. The summed E-state index contributed by atoms with van der Waals surface area (Å²) in [7, 11) is 4.64. The van der Waals surface area contributed by atoms with Crippen molar-refractivity contribution in [2.75, 3.05) is 27.9 Å². The Balaban J connectivity index is 1.73. The standard InChI is InChI=1S/C27H26N2O6/c1-33-20-8-4-6-18(15-20)25(30)23-24(19-7-5-12-28-16-19)29(27(32)26(23)31)13-11-17-9-10-21(34-2)22(14-17)35-3/h4-10,12,14-16,24,30H,11,13H2,1-3H3/b25-23-. The normalized spacial score (nSPS) is 16.9. The van der Waals surface area contributed by atoms with E-state index in [4.69, 9.17) is 14.2 Å². The molecule has 1 fully saturated rings. The molecule has 1 unspecified atom stereocenters. The quantitative estimate of drug-likeness (QED) is 0.301. The van der Waals surface area contributed by atoms with Crippen molar-refractivity contribution in [2.45, 2.75) is 12.5 Å². The van der Waals surface area contributed by atoms with Crippen molar-refractivity contribution in [2.24, 2.45) is 0 Å². The van der Waals surface area contributed by atoms with Crippen LogP contribution in [0.15, 0.2) is 72.6 Å². The number of amides is 1. The molecular formula is C27H26N2O6. The Morgan fingerprint density at radius 1 is 0.971 bits per heavy atom. The van der Waals surface area contributed by atoms with Crippen molar-refractivity contribution in [1.82, 2.24) is 9.88 Å². The summed E-state index contributed by atoms with van der Waals surface area (Å²) < 4.78 is 15.9. The van der Waals surface area contributed by atoms with Gasteiger partial charge in [0.1, 0.15) is 11.5 Å². The summed E-state index contributed by atoms with van der Waals surface area (Å²) in [5.74, 6) is 0.0221. The Morgan fingerprint density at radius 2 is 1.77 bits per heavy atom. The highest BCUT2D eigenvalue weighted by atomic mass is 16.5. The molecule has 0 spiro atoms. The minimum absolute atomic E-state index is 0.0172. The van der Waals surface area contributed by atoms with Crippen LogP contribution in [0.25, 0.3) is 5.76 Å². The summed E-state index contributed by atoms with van der Waals surface area (Å²) in [5, 5.41) is 11.2. The predicted octanol–water partition coefficient (Wildman–Crippen LogP) is 3.77. The maximum atomic E-state index is 13.2. The van der Waals surface area contributed by atoms with Gasteiger partial charge in [-0.05, 0) is 47.9 Å². The molecule has 180 valence electrons. The van der Waals surface area contributed by atoms with Gasteiger partial charge in [-0.15, -0.1) is 0 Å². The summed E-state index contributed by atoms with van der Waals surface area (Å²) in [4.78, 5) is 31.9. The Labute approximate surface area is 203 Å². The van der Waals surface area contributed by atoms with E-state index >= 15 is 0 Å². The summed E-state index contributed by atoms with van der Waals surface area (Å²) in [6.07, 6.45) is 3.67. The second-order valence-corrected chi connectivity index (χ2v) is 7.95. The first kappa shape index (κ1) is 23.8. The summed E-state index contributed by atoms with van der Waals surface area (Å²) in [5.41, 5.74) is 1.94. The summed E-state index contributed by atoms with van der Waals surface area (Å²) in [6.45, 7) is 0.245. The van der Waals surface area contributed by atoms with Crippen LogP contribution in [-0.4, -0.2) is 54.6 Å². The number of pyridine rings is 1. The minimum Gasteiger partial charge on any atom is -0.507 e. The number of benzene rings is 2. The topological polar surface area (TPSA) is 98.2 Å². The van der Waals surface area contributed by atoms with Gasteiger partial charge in [0.2, 0.25) is 0 Å². The van der Waals surface area contributed by atoms with E-state index in [0.29, 0.717) is 34.8 Å². The van der Waals surface area contributed by atoms with Crippen molar-refractivity contribution in [3.63, 3.8) is 0 Å². The largest absolute Gasteiger partial charge is 0.507 e. The van der Waals surface area contributed by atoms with Gasteiger partial charge in [0, 0.05) is 24.5 Å². The van der Waals surface area contributed by atoms with E-state index < -0.39 is 17.7 Å². The molecule has 1 atom stereocenters. The van der Waals surface area contributed by atoms with Gasteiger partial charge in [-0.3, -0.25) is 14.6 Å². The van der Waals surface area contributed by atoms with E-state index in [-0.39, 0.29) is 17.9 Å². The van der Waals surface area contributed by atoms with Crippen LogP contribution >= 0.6 is 0 Å². The lowest BCUT2D eigenvalue weighted by molar-refractivity contribution is -0.139. The van der Waals surface area contributed by atoms with Crippen molar-refractivity contribution in [3.05, 3.63) is 89.3 Å². The highest BCUT2D eigenvalue weighted by molar-refractivity contribution is 6.46. The van der Waals surface area contributed by atoms with E-state index in [0.717, 1.165) is 5.56 Å². The fourth-order valence-electron chi connectivity index (χ4n) is 4.21. The molecule has 1 amide bonds. The van der Waals surface area contributed by atoms with Crippen LogP contribution in [0.3, 0.4) is 0 Å². The van der Waals surface area contributed by atoms with Crippen LogP contribution in [0.2, 0.25) is 0 Å². The number of aliphatic hydroxyl groups excluding tert-OH is 1. The molecule has 1 aliphatic rings. The van der Waals surface area contributed by atoms with Crippen LogP contribution < -0.4 is 14.2 Å². The first-order valence-corrected chi connectivity index (χ1v) is 11.0. The molecule has 0 bridgehead atoms. The molecule has 1 aliphatic heterocycles. The van der Waals surface area contributed by atoms with E-state index in [9.17, 15) is 14.7 Å². The zero-order chi connectivity index (χ0) is 24.9. The van der Waals surface area contributed by atoms with E-state index in [1.807, 2.05) is 12.1 Å². The number of Topliss-reactive ketones (excluding diaryl/α,β-unsaturated/α-hetero) is 1. The average molecular weight is 475 g/mol. The average Bonchev–Trinajstić information content (AvgIpc) is 3.16. The molecular weight excluding hydrogens is 448 g/mol. The first-order valence-electron chi connectivity index (χ1n) is 11.0. The van der Waals surface area contributed by atoms with Crippen molar-refractivity contribution in [1.29, 1.82) is 0 Å². The third-order valence-corrected chi connectivity index (χ3v) is 5.97. The number of methoxy groups -OCH3 is 3. The summed E-state index contributed by atoms with van der Waals surface area (Å²) in [6, 6.07) is 15.0. The van der Waals surface area contributed by atoms with Gasteiger partial charge in [0.05, 0.1) is 32.9 Å². The smallest absolute Gasteiger partial charge is 0.295 e. The first-order chi connectivity index (χ1) is 17.0. The second kappa shape index (κ2) is 10.3. The highest BCUT2D eigenvalue weighted by Crippen LogP contribution is 2.39. The van der Waals surface area contributed by atoms with Gasteiger partial charge in [-0.25, -0.2) is 0 Å². The van der Waals surface area contributed by atoms with E-state index in [2.05, 4.69) is 4.98 Å². The number of ketones is 1. The lowest BCUT2D eigenvalue weighted by atomic mass is 9.96. The number of hydrogen-bond acceptors (Lipinski definition) is 7. The monoisotopic (exact) mass is 474 g/mol. The maximum absolute atomic E-state index is 13.2. The Morgan fingerprint density at radius 3 is 2.46 bits per heavy atom. The fraction of sp³-hybridized carbons (Fsp3) is 0.222. The van der Waals surface area contributed by atoms with Crippen molar-refractivity contribution < 1.29 is 28.9 Å². The molecule has 1 aromatic heterocycles. The van der Waals surface area contributed by atoms with Gasteiger partial charge in [-0.2, -0.15) is 0 Å². The Bertz CT molecular complexity index is 1270. The predicted molar refractivity (Wildman–Crippen MR) is 129 cm³/mol. The number of nitrogens with zero attached hydrogens (tertiary/aromatic N) is 2.